The smallest absolute Gasteiger partial charge is 0.106 e. The molecule has 0 aliphatic carbocycles. The normalized spacial score (nSPS) is 11.4. The van der Waals surface area contributed by atoms with E-state index in [1.165, 1.54) is 5.39 Å². The zero-order valence-corrected chi connectivity index (χ0v) is 9.25. The monoisotopic (exact) mass is 238 g/mol. The number of nitrogens with zero attached hydrogens (tertiary/aromatic N) is 2. The second-order valence-electron chi connectivity index (χ2n) is 3.38. The molecule has 0 bridgehead atoms. The van der Waals surface area contributed by atoms with E-state index in [2.05, 4.69) is 47.1 Å². The Morgan fingerprint density at radius 1 is 1.38 bits per heavy atom. The van der Waals surface area contributed by atoms with Crippen molar-refractivity contribution in [2.45, 2.75) is 19.9 Å². The third kappa shape index (κ3) is 1.48. The highest BCUT2D eigenvalue weighted by Gasteiger charge is 2.05. The lowest BCUT2D eigenvalue weighted by atomic mass is 10.3. The van der Waals surface area contributed by atoms with Gasteiger partial charge in [0.05, 0.1) is 0 Å². The summed E-state index contributed by atoms with van der Waals surface area (Å²) in [4.78, 5) is 0. The highest BCUT2D eigenvalue weighted by Crippen LogP contribution is 2.22. The molecule has 0 aliphatic rings. The number of hydrogen-bond acceptors (Lipinski definition) is 1. The molecule has 2 aromatic rings. The molecule has 0 spiro atoms. The van der Waals surface area contributed by atoms with Crippen LogP contribution in [0.5, 0.6) is 0 Å². The maximum absolute atomic E-state index is 4.48. The molecule has 0 unspecified atom stereocenters. The zero-order chi connectivity index (χ0) is 9.42. The lowest BCUT2D eigenvalue weighted by Gasteiger charge is -2.02. The molecule has 68 valence electrons. The largest absolute Gasteiger partial charge is 0.269 e. The summed E-state index contributed by atoms with van der Waals surface area (Å²) >= 11 is 3.48. The van der Waals surface area contributed by atoms with Crippen LogP contribution >= 0.6 is 15.9 Å². The molecule has 2 rings (SSSR count). The Balaban J connectivity index is 2.68. The molecule has 1 heterocycles. The minimum atomic E-state index is 0.416. The van der Waals surface area contributed by atoms with E-state index in [1.807, 2.05) is 16.8 Å². The van der Waals surface area contributed by atoms with Gasteiger partial charge in [0.25, 0.3) is 0 Å². The van der Waals surface area contributed by atoms with E-state index in [-0.39, 0.29) is 0 Å². The van der Waals surface area contributed by atoms with Crippen LogP contribution in [0, 0.1) is 0 Å². The topological polar surface area (TPSA) is 17.8 Å². The van der Waals surface area contributed by atoms with Crippen molar-refractivity contribution in [1.29, 1.82) is 0 Å². The minimum Gasteiger partial charge on any atom is -0.269 e. The van der Waals surface area contributed by atoms with Gasteiger partial charge in [-0.15, -0.1) is 0 Å². The Bertz CT molecular complexity index is 431. The third-order valence-corrected chi connectivity index (χ3v) is 2.67. The van der Waals surface area contributed by atoms with Gasteiger partial charge in [0.1, 0.15) is 5.52 Å². The van der Waals surface area contributed by atoms with Gasteiger partial charge in [0.15, 0.2) is 0 Å². The summed E-state index contributed by atoms with van der Waals surface area (Å²) in [6.07, 6.45) is 2.07. The molecule has 0 N–H and O–H groups in total. The first-order chi connectivity index (χ1) is 6.18. The first-order valence-corrected chi connectivity index (χ1v) is 5.11. The molecule has 2 nitrogen and oxygen atoms in total. The fourth-order valence-corrected chi connectivity index (χ4v) is 1.75. The minimum absolute atomic E-state index is 0.416. The first-order valence-electron chi connectivity index (χ1n) is 4.32. The van der Waals surface area contributed by atoms with Crippen LogP contribution in [0.15, 0.2) is 28.9 Å². The summed E-state index contributed by atoms with van der Waals surface area (Å²) in [6, 6.07) is 6.53. The Morgan fingerprint density at radius 3 is 2.77 bits per heavy atom. The Morgan fingerprint density at radius 2 is 2.15 bits per heavy atom. The Hall–Kier alpha value is -0.830. The molecular weight excluding hydrogens is 228 g/mol. The van der Waals surface area contributed by atoms with Crippen molar-refractivity contribution in [2.24, 2.45) is 0 Å². The number of rotatable bonds is 1. The van der Waals surface area contributed by atoms with E-state index in [1.54, 1.807) is 0 Å². The highest BCUT2D eigenvalue weighted by atomic mass is 79.9. The second kappa shape index (κ2) is 3.14. The lowest BCUT2D eigenvalue weighted by Crippen LogP contribution is -1.99. The predicted molar refractivity (Wildman–Crippen MR) is 57.8 cm³/mol. The van der Waals surface area contributed by atoms with Crippen molar-refractivity contribution in [3.63, 3.8) is 0 Å². The number of halogens is 1. The third-order valence-electron chi connectivity index (χ3n) is 2.03. The summed E-state index contributed by atoms with van der Waals surface area (Å²) in [5, 5.41) is 5.66. The highest BCUT2D eigenvalue weighted by molar-refractivity contribution is 9.10. The summed E-state index contributed by atoms with van der Waals surface area (Å²) in [5.41, 5.74) is 1.04. The van der Waals surface area contributed by atoms with E-state index in [0.717, 1.165) is 9.99 Å². The average Bonchev–Trinajstić information content (AvgIpc) is 2.49. The van der Waals surface area contributed by atoms with Crippen molar-refractivity contribution >= 4 is 26.8 Å². The van der Waals surface area contributed by atoms with Crippen LogP contribution in [0.4, 0.5) is 0 Å². The average molecular weight is 239 g/mol. The van der Waals surface area contributed by atoms with Gasteiger partial charge in [-0.2, -0.15) is 5.10 Å². The van der Waals surface area contributed by atoms with Gasteiger partial charge in [-0.25, -0.2) is 0 Å². The van der Waals surface area contributed by atoms with E-state index in [4.69, 9.17) is 0 Å². The van der Waals surface area contributed by atoms with E-state index in [0.29, 0.717) is 6.04 Å². The van der Waals surface area contributed by atoms with Crippen LogP contribution in [0.2, 0.25) is 0 Å². The standard InChI is InChI=1S/C10H11BrN2/c1-7(2)13-6-8-4-3-5-9(11)10(8)12-13/h3-7H,1-2H3. The molecule has 0 saturated carbocycles. The van der Waals surface area contributed by atoms with Crippen molar-refractivity contribution in [3.05, 3.63) is 28.9 Å². The van der Waals surface area contributed by atoms with E-state index < -0.39 is 0 Å². The van der Waals surface area contributed by atoms with Crippen LogP contribution in [-0.2, 0) is 0 Å². The fraction of sp³-hybridized carbons (Fsp3) is 0.300. The van der Waals surface area contributed by atoms with Gasteiger partial charge in [-0.05, 0) is 35.8 Å². The molecule has 0 amide bonds. The van der Waals surface area contributed by atoms with Gasteiger partial charge in [-0.1, -0.05) is 12.1 Å². The van der Waals surface area contributed by atoms with Gasteiger partial charge in [-0.3, -0.25) is 4.68 Å². The van der Waals surface area contributed by atoms with Crippen molar-refractivity contribution in [2.75, 3.05) is 0 Å². The lowest BCUT2D eigenvalue weighted by molar-refractivity contribution is 0.537. The van der Waals surface area contributed by atoms with Crippen molar-refractivity contribution < 1.29 is 0 Å². The number of fused-ring (bicyclic) bond motifs is 1. The van der Waals surface area contributed by atoms with Gasteiger partial charge >= 0.3 is 0 Å². The Labute approximate surface area is 85.7 Å². The molecule has 0 fully saturated rings. The maximum Gasteiger partial charge on any atom is 0.106 e. The molecule has 1 aromatic heterocycles. The number of aromatic nitrogens is 2. The summed E-state index contributed by atoms with van der Waals surface area (Å²) in [6.45, 7) is 4.25. The van der Waals surface area contributed by atoms with Crippen LogP contribution < -0.4 is 0 Å². The number of hydrogen-bond donors (Lipinski definition) is 0. The van der Waals surface area contributed by atoms with Gasteiger partial charge in [0.2, 0.25) is 0 Å². The summed E-state index contributed by atoms with van der Waals surface area (Å²) in [7, 11) is 0. The zero-order valence-electron chi connectivity index (χ0n) is 7.66. The first kappa shape index (κ1) is 8.75. The predicted octanol–water partition coefficient (Wildman–Crippen LogP) is 3.38. The van der Waals surface area contributed by atoms with E-state index in [9.17, 15) is 0 Å². The van der Waals surface area contributed by atoms with Gasteiger partial charge in [0, 0.05) is 22.1 Å². The summed E-state index contributed by atoms with van der Waals surface area (Å²) < 4.78 is 3.04. The molecule has 0 radical (unpaired) electrons. The quantitative estimate of drug-likeness (QED) is 0.745. The molecule has 0 saturated heterocycles. The van der Waals surface area contributed by atoms with E-state index >= 15 is 0 Å². The van der Waals surface area contributed by atoms with Crippen LogP contribution in [0.1, 0.15) is 19.9 Å². The molecule has 0 aliphatic heterocycles. The van der Waals surface area contributed by atoms with Gasteiger partial charge < -0.3 is 0 Å². The molecule has 0 atom stereocenters. The second-order valence-corrected chi connectivity index (χ2v) is 4.23. The fourth-order valence-electron chi connectivity index (χ4n) is 1.29. The van der Waals surface area contributed by atoms with Crippen molar-refractivity contribution in [3.8, 4) is 0 Å². The Kier molecular flexibility index (Phi) is 2.12. The number of benzene rings is 1. The van der Waals surface area contributed by atoms with Crippen molar-refractivity contribution in [1.82, 2.24) is 9.78 Å². The SMILES string of the molecule is CC(C)n1cc2cccc(Br)c2n1. The molecular formula is C10H11BrN2. The maximum atomic E-state index is 4.48. The molecule has 1 aromatic carbocycles. The molecule has 13 heavy (non-hydrogen) atoms. The molecule has 3 heteroatoms. The van der Waals surface area contributed by atoms with Crippen LogP contribution in [0.3, 0.4) is 0 Å². The summed E-state index contributed by atoms with van der Waals surface area (Å²) in [5.74, 6) is 0. The van der Waals surface area contributed by atoms with Crippen LogP contribution in [0.25, 0.3) is 10.9 Å². The van der Waals surface area contributed by atoms with Crippen LogP contribution in [-0.4, -0.2) is 9.78 Å².